The molecule has 0 bridgehead atoms. The average Bonchev–Trinajstić information content (AvgIpc) is 2.49. The number of aliphatic hydroxyl groups excluding tert-OH is 1. The van der Waals surface area contributed by atoms with E-state index in [1.54, 1.807) is 0 Å². The zero-order valence-electron chi connectivity index (χ0n) is 13.1. The fourth-order valence-electron chi connectivity index (χ4n) is 2.66. The van der Waals surface area contributed by atoms with Gasteiger partial charge in [-0.1, -0.05) is 0 Å². The number of rotatable bonds is 4. The first-order valence-corrected chi connectivity index (χ1v) is 7.54. The quantitative estimate of drug-likeness (QED) is 0.552. The van der Waals surface area contributed by atoms with Crippen LogP contribution in [0.15, 0.2) is 21.7 Å². The lowest BCUT2D eigenvalue weighted by Gasteiger charge is -2.17. The zero-order chi connectivity index (χ0) is 16.6. The Hall–Kier alpha value is -2.54. The van der Waals surface area contributed by atoms with Crippen molar-refractivity contribution >= 4 is 11.0 Å². The van der Waals surface area contributed by atoms with Crippen molar-refractivity contribution in [2.45, 2.75) is 33.2 Å². The number of hydrogen-bond acceptors (Lipinski definition) is 5. The molecule has 120 valence electrons. The molecule has 0 radical (unpaired) electrons. The maximum Gasteiger partial charge on any atom is 0.349 e. The molecule has 2 aliphatic rings. The monoisotopic (exact) mass is 314 g/mol. The lowest BCUT2D eigenvalue weighted by molar-refractivity contribution is 0.281. The van der Waals surface area contributed by atoms with Crippen LogP contribution in [0.1, 0.15) is 24.0 Å². The van der Waals surface area contributed by atoms with E-state index >= 15 is 0 Å². The van der Waals surface area contributed by atoms with Gasteiger partial charge in [0.25, 0.3) is 5.56 Å². The summed E-state index contributed by atoms with van der Waals surface area (Å²) < 4.78 is 1.84. The molecule has 0 amide bonds. The van der Waals surface area contributed by atoms with E-state index in [4.69, 9.17) is 5.11 Å². The molecule has 2 heterocycles. The first kappa shape index (κ1) is 15.4. The van der Waals surface area contributed by atoms with Gasteiger partial charge >= 0.3 is 5.69 Å². The SMILES string of the molecule is Cc1cc2nc3c(=O)[nH]c(=O)nc-3n(CCCCO)c2cc1C. The molecule has 23 heavy (non-hydrogen) atoms. The summed E-state index contributed by atoms with van der Waals surface area (Å²) in [5.74, 6) is 0.285. The second kappa shape index (κ2) is 5.92. The summed E-state index contributed by atoms with van der Waals surface area (Å²) in [5, 5.41) is 9.00. The number of nitrogens with zero attached hydrogens (tertiary/aromatic N) is 3. The smallest absolute Gasteiger partial charge is 0.349 e. The summed E-state index contributed by atoms with van der Waals surface area (Å²) in [7, 11) is 0. The molecule has 2 N–H and O–H groups in total. The maximum absolute atomic E-state index is 12.1. The minimum atomic E-state index is -0.677. The molecule has 2 aliphatic heterocycles. The van der Waals surface area contributed by atoms with Crippen LogP contribution in [0, 0.1) is 13.8 Å². The summed E-state index contributed by atoms with van der Waals surface area (Å²) in [6, 6.07) is 3.92. The number of aromatic nitrogens is 4. The number of aliphatic hydroxyl groups is 1. The summed E-state index contributed by atoms with van der Waals surface area (Å²) >= 11 is 0. The molecular formula is C16H18N4O3. The summed E-state index contributed by atoms with van der Waals surface area (Å²) in [4.78, 5) is 34.2. The van der Waals surface area contributed by atoms with Gasteiger partial charge in [0, 0.05) is 13.2 Å². The van der Waals surface area contributed by atoms with Crippen molar-refractivity contribution in [2.75, 3.05) is 6.61 Å². The van der Waals surface area contributed by atoms with E-state index < -0.39 is 11.2 Å². The second-order valence-corrected chi connectivity index (χ2v) is 5.66. The molecule has 0 spiro atoms. The topological polar surface area (TPSA) is 101 Å². The van der Waals surface area contributed by atoms with Gasteiger partial charge in [0.1, 0.15) is 0 Å². The molecule has 0 saturated heterocycles. The van der Waals surface area contributed by atoms with Gasteiger partial charge < -0.3 is 9.67 Å². The predicted molar refractivity (Wildman–Crippen MR) is 86.8 cm³/mol. The summed E-state index contributed by atoms with van der Waals surface area (Å²) in [6.07, 6.45) is 1.35. The zero-order valence-corrected chi connectivity index (χ0v) is 13.1. The number of benzene rings is 1. The lowest BCUT2D eigenvalue weighted by Crippen LogP contribution is -2.29. The third-order valence-electron chi connectivity index (χ3n) is 4.01. The fourth-order valence-corrected chi connectivity index (χ4v) is 2.66. The Morgan fingerprint density at radius 3 is 2.61 bits per heavy atom. The second-order valence-electron chi connectivity index (χ2n) is 5.66. The first-order valence-electron chi connectivity index (χ1n) is 7.54. The van der Waals surface area contributed by atoms with Gasteiger partial charge in [-0.05, 0) is 49.9 Å². The summed E-state index contributed by atoms with van der Waals surface area (Å²) in [6.45, 7) is 4.64. The first-order chi connectivity index (χ1) is 11.0. The van der Waals surface area contributed by atoms with E-state index in [1.165, 1.54) is 0 Å². The van der Waals surface area contributed by atoms with Crippen LogP contribution < -0.4 is 11.2 Å². The molecule has 0 aliphatic carbocycles. The third-order valence-corrected chi connectivity index (χ3v) is 4.01. The Morgan fingerprint density at radius 2 is 1.87 bits per heavy atom. The van der Waals surface area contributed by atoms with Gasteiger partial charge in [-0.2, -0.15) is 4.98 Å². The van der Waals surface area contributed by atoms with Crippen molar-refractivity contribution in [2.24, 2.45) is 0 Å². The Bertz CT molecular complexity index is 958. The highest BCUT2D eigenvalue weighted by Gasteiger charge is 2.18. The van der Waals surface area contributed by atoms with Crippen LogP contribution >= 0.6 is 0 Å². The Morgan fingerprint density at radius 1 is 1.13 bits per heavy atom. The standard InChI is InChI=1S/C16H18N4O3/c1-9-7-11-12(8-10(9)2)20(5-3-4-6-21)14-13(17-11)15(22)19-16(23)18-14/h7-8,21H,3-6H2,1-2H3,(H,19,22,23). The van der Waals surface area contributed by atoms with Gasteiger partial charge in [-0.15, -0.1) is 0 Å². The summed E-state index contributed by atoms with van der Waals surface area (Å²) in [5.41, 5.74) is 2.65. The number of unbranched alkanes of at least 4 members (excludes halogenated alkanes) is 1. The van der Waals surface area contributed by atoms with Crippen LogP contribution in [0.3, 0.4) is 0 Å². The minimum Gasteiger partial charge on any atom is -0.396 e. The highest BCUT2D eigenvalue weighted by molar-refractivity contribution is 5.81. The van der Waals surface area contributed by atoms with E-state index in [0.29, 0.717) is 24.9 Å². The Kier molecular flexibility index (Phi) is 3.96. The van der Waals surface area contributed by atoms with E-state index in [9.17, 15) is 9.59 Å². The minimum absolute atomic E-state index is 0.0977. The molecule has 0 fully saturated rings. The molecular weight excluding hydrogens is 296 g/mol. The van der Waals surface area contributed by atoms with E-state index in [2.05, 4.69) is 15.0 Å². The van der Waals surface area contributed by atoms with Crippen molar-refractivity contribution in [3.63, 3.8) is 0 Å². The van der Waals surface area contributed by atoms with Gasteiger partial charge in [-0.3, -0.25) is 9.78 Å². The Balaban J connectivity index is 2.37. The van der Waals surface area contributed by atoms with Gasteiger partial charge in [0.05, 0.1) is 11.0 Å². The van der Waals surface area contributed by atoms with Crippen molar-refractivity contribution in [3.05, 3.63) is 44.1 Å². The molecule has 0 aromatic heterocycles. The Labute approximate surface area is 132 Å². The molecule has 1 aromatic carbocycles. The van der Waals surface area contributed by atoms with E-state index in [0.717, 1.165) is 16.6 Å². The third kappa shape index (κ3) is 2.75. The number of H-pyrrole nitrogens is 1. The van der Waals surface area contributed by atoms with Crippen LogP contribution in [0.2, 0.25) is 0 Å². The number of hydrogen-bond donors (Lipinski definition) is 2. The fraction of sp³-hybridized carbons (Fsp3) is 0.375. The van der Waals surface area contributed by atoms with Crippen LogP contribution in [0.25, 0.3) is 22.6 Å². The van der Waals surface area contributed by atoms with Crippen LogP contribution in [-0.4, -0.2) is 31.2 Å². The average molecular weight is 314 g/mol. The molecule has 7 heteroatoms. The number of nitrogens with one attached hydrogen (secondary N) is 1. The van der Waals surface area contributed by atoms with Gasteiger partial charge in [0.15, 0.2) is 11.5 Å². The maximum atomic E-state index is 12.1. The number of aryl methyl sites for hydroxylation is 3. The van der Waals surface area contributed by atoms with Gasteiger partial charge in [0.2, 0.25) is 0 Å². The van der Waals surface area contributed by atoms with E-state index in [-0.39, 0.29) is 18.1 Å². The molecule has 0 atom stereocenters. The van der Waals surface area contributed by atoms with Crippen molar-refractivity contribution < 1.29 is 5.11 Å². The number of aromatic amines is 1. The number of fused-ring (bicyclic) bond motifs is 2. The van der Waals surface area contributed by atoms with Crippen LogP contribution in [0.5, 0.6) is 0 Å². The molecule has 0 unspecified atom stereocenters. The van der Waals surface area contributed by atoms with Crippen molar-refractivity contribution in [1.82, 2.24) is 19.5 Å². The van der Waals surface area contributed by atoms with Gasteiger partial charge in [-0.25, -0.2) is 9.78 Å². The van der Waals surface area contributed by atoms with Crippen LogP contribution in [-0.2, 0) is 6.54 Å². The normalized spacial score (nSPS) is 11.4. The molecule has 3 rings (SSSR count). The lowest BCUT2D eigenvalue weighted by atomic mass is 10.1. The van der Waals surface area contributed by atoms with Crippen molar-refractivity contribution in [3.8, 4) is 11.5 Å². The highest BCUT2D eigenvalue weighted by Crippen LogP contribution is 2.24. The molecule has 7 nitrogen and oxygen atoms in total. The van der Waals surface area contributed by atoms with Crippen LogP contribution in [0.4, 0.5) is 0 Å². The predicted octanol–water partition coefficient (Wildman–Crippen LogP) is 0.974. The van der Waals surface area contributed by atoms with Crippen molar-refractivity contribution in [1.29, 1.82) is 0 Å². The molecule has 0 saturated carbocycles. The molecule has 1 aromatic rings. The highest BCUT2D eigenvalue weighted by atomic mass is 16.3. The van der Waals surface area contributed by atoms with E-state index in [1.807, 2.05) is 30.5 Å². The largest absolute Gasteiger partial charge is 0.396 e.